The number of thiazole rings is 1. The Labute approximate surface area is 181 Å². The van der Waals surface area contributed by atoms with Crippen molar-refractivity contribution in [1.82, 2.24) is 4.98 Å². The van der Waals surface area contributed by atoms with Gasteiger partial charge in [0.25, 0.3) is 0 Å². The molecular weight excluding hydrogens is 396 g/mol. The van der Waals surface area contributed by atoms with E-state index < -0.39 is 0 Å². The predicted octanol–water partition coefficient (Wildman–Crippen LogP) is 4.58. The van der Waals surface area contributed by atoms with Gasteiger partial charge in [0, 0.05) is 22.6 Å². The van der Waals surface area contributed by atoms with Gasteiger partial charge in [0.2, 0.25) is 5.91 Å². The number of nitrogens with zero attached hydrogens (tertiary/aromatic N) is 1. The van der Waals surface area contributed by atoms with Crippen molar-refractivity contribution in [1.29, 1.82) is 0 Å². The zero-order valence-corrected chi connectivity index (χ0v) is 18.5. The largest absolute Gasteiger partial charge is 0.461 e. The molecule has 2 aliphatic carbocycles. The zero-order chi connectivity index (χ0) is 21.0. The summed E-state index contributed by atoms with van der Waals surface area (Å²) in [5, 5.41) is 3.69. The van der Waals surface area contributed by atoms with E-state index in [1.807, 2.05) is 37.3 Å². The third-order valence-corrected chi connectivity index (χ3v) is 8.60. The molecule has 1 N–H and O–H groups in total. The van der Waals surface area contributed by atoms with E-state index in [0.29, 0.717) is 17.5 Å². The maximum absolute atomic E-state index is 12.5. The van der Waals surface area contributed by atoms with Crippen molar-refractivity contribution in [3.05, 3.63) is 46.5 Å². The smallest absolute Gasteiger partial charge is 0.309 e. The molecule has 1 aromatic heterocycles. The average molecular weight is 425 g/mol. The standard InChI is InChI=1S/C24H28N2O3S/c1-13-16-9-10-24(3)12-17-20(14(2)19(24)21(16)29-22(13)28)26-23(30-17)25-18(27)11-15-7-5-4-6-8-15/h4-8,13-14,16,19,21H,9-12H2,1-3H3,(H,25,26,27)/t13-,14-,16-,19+,21-,24-/m0/s1. The first kappa shape index (κ1) is 19.7. The molecule has 2 aromatic rings. The van der Waals surface area contributed by atoms with Gasteiger partial charge in [0.15, 0.2) is 5.13 Å². The van der Waals surface area contributed by atoms with Crippen molar-refractivity contribution < 1.29 is 14.3 Å². The number of carbonyl (C=O) groups is 2. The highest BCUT2D eigenvalue weighted by molar-refractivity contribution is 7.15. The average Bonchev–Trinajstić information content (AvgIpc) is 3.22. The number of nitrogens with one attached hydrogen (secondary N) is 1. The van der Waals surface area contributed by atoms with E-state index in [-0.39, 0.29) is 41.1 Å². The Kier molecular flexibility index (Phi) is 4.73. The maximum Gasteiger partial charge on any atom is 0.309 e. The molecule has 2 fully saturated rings. The summed E-state index contributed by atoms with van der Waals surface area (Å²) in [4.78, 5) is 30.9. The molecule has 1 saturated heterocycles. The zero-order valence-electron chi connectivity index (χ0n) is 17.7. The molecule has 30 heavy (non-hydrogen) atoms. The SMILES string of the molecule is C[C@@H]1C(=O)O[C@H]2[C@H]1CC[C@@]1(C)Cc3sc(NC(=O)Cc4ccccc4)nc3[C@@H](C)[C@H]21. The molecule has 0 radical (unpaired) electrons. The van der Waals surface area contributed by atoms with Gasteiger partial charge in [-0.15, -0.1) is 11.3 Å². The summed E-state index contributed by atoms with van der Waals surface area (Å²) in [5.74, 6) is 0.731. The summed E-state index contributed by atoms with van der Waals surface area (Å²) in [7, 11) is 0. The van der Waals surface area contributed by atoms with Crippen molar-refractivity contribution >= 4 is 28.3 Å². The molecule has 1 aromatic carbocycles. The Morgan fingerprint density at radius 1 is 1.27 bits per heavy atom. The number of esters is 1. The first-order valence-corrected chi connectivity index (χ1v) is 11.7. The van der Waals surface area contributed by atoms with Gasteiger partial charge in [-0.3, -0.25) is 9.59 Å². The minimum Gasteiger partial charge on any atom is -0.461 e. The molecule has 2 heterocycles. The minimum atomic E-state index is -0.0422. The molecule has 0 bridgehead atoms. The van der Waals surface area contributed by atoms with E-state index in [9.17, 15) is 9.59 Å². The normalized spacial score (nSPS) is 34.5. The van der Waals surface area contributed by atoms with E-state index in [2.05, 4.69) is 19.2 Å². The molecular formula is C24H28N2O3S. The third-order valence-electron chi connectivity index (χ3n) is 7.61. The Morgan fingerprint density at radius 3 is 2.80 bits per heavy atom. The molecule has 0 unspecified atom stereocenters. The van der Waals surface area contributed by atoms with Crippen LogP contribution >= 0.6 is 11.3 Å². The summed E-state index contributed by atoms with van der Waals surface area (Å²) in [6.07, 6.45) is 3.44. The van der Waals surface area contributed by atoms with Crippen LogP contribution in [0.5, 0.6) is 0 Å². The number of hydrogen-bond acceptors (Lipinski definition) is 5. The van der Waals surface area contributed by atoms with Gasteiger partial charge in [0.05, 0.1) is 18.0 Å². The molecule has 1 aliphatic heterocycles. The summed E-state index contributed by atoms with van der Waals surface area (Å²) >= 11 is 1.61. The van der Waals surface area contributed by atoms with Crippen LogP contribution in [-0.2, 0) is 27.2 Å². The Hall–Kier alpha value is -2.21. The molecule has 6 atom stereocenters. The van der Waals surface area contributed by atoms with Crippen molar-refractivity contribution in [3.8, 4) is 0 Å². The number of fused-ring (bicyclic) bond motifs is 4. The van der Waals surface area contributed by atoms with Gasteiger partial charge in [0.1, 0.15) is 6.10 Å². The summed E-state index contributed by atoms with van der Waals surface area (Å²) in [6, 6.07) is 9.75. The van der Waals surface area contributed by atoms with E-state index >= 15 is 0 Å². The summed E-state index contributed by atoms with van der Waals surface area (Å²) in [5.41, 5.74) is 2.18. The second kappa shape index (κ2) is 7.19. The van der Waals surface area contributed by atoms with Crippen LogP contribution < -0.4 is 5.32 Å². The number of amides is 1. The molecule has 3 aliphatic rings. The van der Waals surface area contributed by atoms with Crippen molar-refractivity contribution in [2.45, 2.75) is 58.5 Å². The Morgan fingerprint density at radius 2 is 2.03 bits per heavy atom. The number of aromatic nitrogens is 1. The van der Waals surface area contributed by atoms with Crippen LogP contribution in [0.3, 0.4) is 0 Å². The highest BCUT2D eigenvalue weighted by Gasteiger charge is 2.58. The Balaban J connectivity index is 1.38. The first-order chi connectivity index (χ1) is 14.4. The topological polar surface area (TPSA) is 68.3 Å². The molecule has 6 heteroatoms. The van der Waals surface area contributed by atoms with Crippen LogP contribution in [0.15, 0.2) is 30.3 Å². The maximum atomic E-state index is 12.5. The second-order valence-corrected chi connectivity index (χ2v) is 10.7. The lowest BCUT2D eigenvalue weighted by molar-refractivity contribution is -0.149. The molecule has 158 valence electrons. The predicted molar refractivity (Wildman–Crippen MR) is 116 cm³/mol. The molecule has 1 saturated carbocycles. The minimum absolute atomic E-state index is 0.00332. The van der Waals surface area contributed by atoms with Crippen molar-refractivity contribution in [2.75, 3.05) is 5.32 Å². The van der Waals surface area contributed by atoms with E-state index in [1.165, 1.54) is 4.88 Å². The van der Waals surface area contributed by atoms with E-state index in [4.69, 9.17) is 9.72 Å². The summed E-state index contributed by atoms with van der Waals surface area (Å²) < 4.78 is 5.90. The van der Waals surface area contributed by atoms with Crippen LogP contribution in [-0.4, -0.2) is 23.0 Å². The van der Waals surface area contributed by atoms with Gasteiger partial charge in [-0.2, -0.15) is 0 Å². The van der Waals surface area contributed by atoms with Crippen LogP contribution in [0.4, 0.5) is 5.13 Å². The van der Waals surface area contributed by atoms with Crippen LogP contribution in [0.1, 0.15) is 55.7 Å². The highest BCUT2D eigenvalue weighted by atomic mass is 32.1. The van der Waals surface area contributed by atoms with E-state index in [0.717, 1.165) is 30.5 Å². The first-order valence-electron chi connectivity index (χ1n) is 10.9. The lowest BCUT2D eigenvalue weighted by Gasteiger charge is -2.51. The van der Waals surface area contributed by atoms with Crippen LogP contribution in [0.2, 0.25) is 0 Å². The van der Waals surface area contributed by atoms with E-state index in [1.54, 1.807) is 11.3 Å². The van der Waals surface area contributed by atoms with Crippen LogP contribution in [0, 0.1) is 23.2 Å². The number of anilines is 1. The molecule has 1 amide bonds. The third kappa shape index (κ3) is 3.16. The number of rotatable bonds is 3. The monoisotopic (exact) mass is 424 g/mol. The Bertz CT molecular complexity index is 988. The fraction of sp³-hybridized carbons (Fsp3) is 0.542. The number of ether oxygens (including phenoxy) is 1. The lowest BCUT2D eigenvalue weighted by Crippen LogP contribution is -2.50. The van der Waals surface area contributed by atoms with Gasteiger partial charge >= 0.3 is 5.97 Å². The molecule has 5 rings (SSSR count). The van der Waals surface area contributed by atoms with Crippen molar-refractivity contribution in [2.24, 2.45) is 23.2 Å². The lowest BCUT2D eigenvalue weighted by atomic mass is 9.54. The van der Waals surface area contributed by atoms with Crippen LogP contribution in [0.25, 0.3) is 0 Å². The second-order valence-electron chi connectivity index (χ2n) is 9.58. The summed E-state index contributed by atoms with van der Waals surface area (Å²) in [6.45, 7) is 6.57. The van der Waals surface area contributed by atoms with Gasteiger partial charge in [-0.05, 0) is 30.2 Å². The fourth-order valence-corrected chi connectivity index (χ4v) is 7.36. The number of carbonyl (C=O) groups excluding carboxylic acids is 2. The fourth-order valence-electron chi connectivity index (χ4n) is 6.08. The number of hydrogen-bond donors (Lipinski definition) is 1. The number of benzene rings is 1. The van der Waals surface area contributed by atoms with Gasteiger partial charge in [-0.1, -0.05) is 51.1 Å². The van der Waals surface area contributed by atoms with Gasteiger partial charge in [-0.25, -0.2) is 4.98 Å². The van der Waals surface area contributed by atoms with Gasteiger partial charge < -0.3 is 10.1 Å². The quantitative estimate of drug-likeness (QED) is 0.733. The highest BCUT2D eigenvalue weighted by Crippen LogP contribution is 2.59. The molecule has 5 nitrogen and oxygen atoms in total. The van der Waals surface area contributed by atoms with Crippen molar-refractivity contribution in [3.63, 3.8) is 0 Å². The molecule has 0 spiro atoms.